The fourth-order valence-electron chi connectivity index (χ4n) is 4.58. The minimum absolute atomic E-state index is 0.0535. The van der Waals surface area contributed by atoms with Crippen LogP contribution >= 0.6 is 11.6 Å². The van der Waals surface area contributed by atoms with Gasteiger partial charge in [-0.1, -0.05) is 42.8 Å². The quantitative estimate of drug-likeness (QED) is 0.388. The van der Waals surface area contributed by atoms with E-state index in [-0.39, 0.29) is 17.5 Å². The molecule has 0 saturated heterocycles. The lowest BCUT2D eigenvalue weighted by molar-refractivity contribution is -0.120. The molecule has 190 valence electrons. The highest BCUT2D eigenvalue weighted by Gasteiger charge is 2.28. The third-order valence-corrected chi connectivity index (χ3v) is 8.57. The topological polar surface area (TPSA) is 75.7 Å². The van der Waals surface area contributed by atoms with Gasteiger partial charge >= 0.3 is 0 Å². The smallest absolute Gasteiger partial charge is 0.264 e. The van der Waals surface area contributed by atoms with E-state index in [0.29, 0.717) is 22.9 Å². The number of methoxy groups -OCH3 is 1. The van der Waals surface area contributed by atoms with Crippen LogP contribution in [0.1, 0.15) is 48.9 Å². The summed E-state index contributed by atoms with van der Waals surface area (Å²) in [5, 5.41) is 3.43. The van der Waals surface area contributed by atoms with Gasteiger partial charge in [-0.05, 0) is 91.3 Å². The molecule has 8 heteroatoms. The molecule has 0 aliphatic heterocycles. The average molecular weight is 527 g/mol. The second kappa shape index (κ2) is 11.4. The second-order valence-corrected chi connectivity index (χ2v) is 11.2. The van der Waals surface area contributed by atoms with Crippen molar-refractivity contribution in [2.75, 3.05) is 18.0 Å². The molecule has 0 spiro atoms. The van der Waals surface area contributed by atoms with Crippen molar-refractivity contribution in [1.82, 2.24) is 5.32 Å². The molecule has 36 heavy (non-hydrogen) atoms. The molecule has 6 nitrogen and oxygen atoms in total. The number of hydrogen-bond donors (Lipinski definition) is 1. The summed E-state index contributed by atoms with van der Waals surface area (Å²) in [4.78, 5) is 13.3. The summed E-state index contributed by atoms with van der Waals surface area (Å²) >= 11 is 6.17. The van der Waals surface area contributed by atoms with Crippen molar-refractivity contribution in [3.8, 4) is 5.75 Å². The van der Waals surface area contributed by atoms with Gasteiger partial charge in [0.25, 0.3) is 10.0 Å². The number of anilines is 1. The number of hydrogen-bond acceptors (Lipinski definition) is 4. The minimum Gasteiger partial charge on any atom is -0.497 e. The van der Waals surface area contributed by atoms with Gasteiger partial charge in [-0.2, -0.15) is 0 Å². The van der Waals surface area contributed by atoms with Crippen LogP contribution in [0.15, 0.2) is 71.6 Å². The largest absolute Gasteiger partial charge is 0.497 e. The maximum Gasteiger partial charge on any atom is 0.264 e. The Morgan fingerprint density at radius 2 is 1.75 bits per heavy atom. The number of carbonyl (C=O) groups excluding carboxylic acids is 1. The van der Waals surface area contributed by atoms with Gasteiger partial charge in [0.05, 0.1) is 23.7 Å². The van der Waals surface area contributed by atoms with Gasteiger partial charge in [0.1, 0.15) is 12.3 Å². The van der Waals surface area contributed by atoms with Crippen molar-refractivity contribution in [1.29, 1.82) is 0 Å². The van der Waals surface area contributed by atoms with Gasteiger partial charge in [-0.3, -0.25) is 9.10 Å². The van der Waals surface area contributed by atoms with E-state index in [9.17, 15) is 13.2 Å². The number of carbonyl (C=O) groups is 1. The number of fused-ring (bicyclic) bond motifs is 1. The third-order valence-electron chi connectivity index (χ3n) is 6.55. The molecule has 0 bridgehead atoms. The molecule has 1 amide bonds. The van der Waals surface area contributed by atoms with Gasteiger partial charge in [-0.15, -0.1) is 0 Å². The lowest BCUT2D eigenvalue weighted by Crippen LogP contribution is -2.42. The first-order chi connectivity index (χ1) is 17.3. The molecule has 0 radical (unpaired) electrons. The van der Waals surface area contributed by atoms with Crippen LogP contribution in [0, 0.1) is 0 Å². The van der Waals surface area contributed by atoms with Crippen molar-refractivity contribution in [3.05, 3.63) is 88.4 Å². The highest BCUT2D eigenvalue weighted by atomic mass is 35.5. The van der Waals surface area contributed by atoms with Crippen LogP contribution in [0.25, 0.3) is 0 Å². The number of benzene rings is 3. The summed E-state index contributed by atoms with van der Waals surface area (Å²) in [5.41, 5.74) is 4.08. The first-order valence-electron chi connectivity index (χ1n) is 12.1. The number of amides is 1. The average Bonchev–Trinajstić information content (AvgIpc) is 2.90. The van der Waals surface area contributed by atoms with E-state index in [4.69, 9.17) is 16.3 Å². The number of nitrogens with zero attached hydrogens (tertiary/aromatic N) is 1. The van der Waals surface area contributed by atoms with Crippen LogP contribution in [0.4, 0.5) is 5.69 Å². The molecular formula is C28H31ClN2O4S. The Bertz CT molecular complexity index is 1330. The monoisotopic (exact) mass is 526 g/mol. The summed E-state index contributed by atoms with van der Waals surface area (Å²) in [6.07, 6.45) is 5.22. The molecule has 0 aromatic heterocycles. The lowest BCUT2D eigenvalue weighted by atomic mass is 9.89. The Morgan fingerprint density at radius 3 is 2.42 bits per heavy atom. The maximum absolute atomic E-state index is 13.6. The Labute approximate surface area is 218 Å². The predicted octanol–water partition coefficient (Wildman–Crippen LogP) is 5.69. The number of ether oxygens (including phenoxy) is 1. The first kappa shape index (κ1) is 26.0. The van der Waals surface area contributed by atoms with Crippen molar-refractivity contribution in [2.24, 2.45) is 0 Å². The van der Waals surface area contributed by atoms with Crippen LogP contribution in [0.3, 0.4) is 0 Å². The molecule has 4 rings (SSSR count). The van der Waals surface area contributed by atoms with E-state index in [0.717, 1.165) is 22.7 Å². The van der Waals surface area contributed by atoms with Crippen molar-refractivity contribution >= 4 is 33.2 Å². The van der Waals surface area contributed by atoms with Gasteiger partial charge < -0.3 is 10.1 Å². The van der Waals surface area contributed by atoms with E-state index in [2.05, 4.69) is 23.5 Å². The number of sulfonamides is 1. The lowest BCUT2D eigenvalue weighted by Gasteiger charge is -2.26. The molecule has 0 fully saturated rings. The molecule has 3 aromatic carbocycles. The zero-order valence-corrected chi connectivity index (χ0v) is 22.1. The van der Waals surface area contributed by atoms with E-state index in [1.54, 1.807) is 30.3 Å². The Kier molecular flexibility index (Phi) is 8.21. The van der Waals surface area contributed by atoms with Crippen molar-refractivity contribution in [2.45, 2.75) is 50.0 Å². The Balaban J connectivity index is 1.60. The van der Waals surface area contributed by atoms with Crippen LogP contribution in [-0.2, 0) is 27.7 Å². The van der Waals surface area contributed by atoms with Crippen LogP contribution in [0.5, 0.6) is 5.75 Å². The van der Waals surface area contributed by atoms with Crippen LogP contribution < -0.4 is 14.4 Å². The Hall–Kier alpha value is -3.03. The fourth-order valence-corrected chi connectivity index (χ4v) is 6.18. The van der Waals surface area contributed by atoms with E-state index >= 15 is 0 Å². The molecule has 1 atom stereocenters. The summed E-state index contributed by atoms with van der Waals surface area (Å²) in [5.74, 6) is 0.147. The Morgan fingerprint density at radius 1 is 1.03 bits per heavy atom. The SMILES string of the molecule is CC[C@H](NC(=O)CN(c1cccc(Cl)c1)S(=O)(=O)c1ccc(OC)cc1)c1ccc2c(c1)CCCC2. The van der Waals surface area contributed by atoms with Gasteiger partial charge in [0.2, 0.25) is 5.91 Å². The number of rotatable bonds is 9. The normalized spacial score (nSPS) is 14.0. The van der Waals surface area contributed by atoms with E-state index in [1.807, 2.05) is 6.92 Å². The van der Waals surface area contributed by atoms with E-state index < -0.39 is 15.9 Å². The number of aryl methyl sites for hydroxylation is 2. The van der Waals surface area contributed by atoms with Crippen molar-refractivity contribution in [3.63, 3.8) is 0 Å². The molecule has 0 unspecified atom stereocenters. The van der Waals surface area contributed by atoms with Gasteiger partial charge in [-0.25, -0.2) is 8.42 Å². The molecule has 0 heterocycles. The molecule has 1 N–H and O–H groups in total. The highest BCUT2D eigenvalue weighted by Crippen LogP contribution is 2.29. The molecule has 1 aliphatic carbocycles. The molecule has 1 aliphatic rings. The van der Waals surface area contributed by atoms with Gasteiger partial charge in [0, 0.05) is 5.02 Å². The number of halogens is 1. The summed E-state index contributed by atoms with van der Waals surface area (Å²) in [7, 11) is -2.54. The van der Waals surface area contributed by atoms with Crippen LogP contribution in [-0.4, -0.2) is 28.0 Å². The summed E-state index contributed by atoms with van der Waals surface area (Å²) in [6, 6.07) is 18.8. The second-order valence-electron chi connectivity index (χ2n) is 8.93. The van der Waals surface area contributed by atoms with Crippen LogP contribution in [0.2, 0.25) is 5.02 Å². The zero-order valence-electron chi connectivity index (χ0n) is 20.5. The highest BCUT2D eigenvalue weighted by molar-refractivity contribution is 7.92. The minimum atomic E-state index is -4.05. The molecular weight excluding hydrogens is 496 g/mol. The first-order valence-corrected chi connectivity index (χ1v) is 14.0. The summed E-state index contributed by atoms with van der Waals surface area (Å²) < 4.78 is 33.5. The summed E-state index contributed by atoms with van der Waals surface area (Å²) in [6.45, 7) is 1.63. The molecule has 0 saturated carbocycles. The number of nitrogens with one attached hydrogen (secondary N) is 1. The standard InChI is InChI=1S/C28H31ClN2O4S/c1-3-27(22-12-11-20-7-4-5-8-21(20)17-22)30-28(32)19-31(24-10-6-9-23(29)18-24)36(33,34)26-15-13-25(35-2)14-16-26/h6,9-18,27H,3-5,7-8,19H2,1-2H3,(H,30,32)/t27-/m0/s1. The third kappa shape index (κ3) is 5.85. The van der Waals surface area contributed by atoms with E-state index in [1.165, 1.54) is 49.3 Å². The van der Waals surface area contributed by atoms with Gasteiger partial charge in [0.15, 0.2) is 0 Å². The maximum atomic E-state index is 13.6. The molecule has 3 aromatic rings. The predicted molar refractivity (Wildman–Crippen MR) is 143 cm³/mol. The van der Waals surface area contributed by atoms with Crippen molar-refractivity contribution < 1.29 is 17.9 Å². The zero-order chi connectivity index (χ0) is 25.7. The fraction of sp³-hybridized carbons (Fsp3) is 0.321.